The van der Waals surface area contributed by atoms with E-state index >= 15 is 0 Å². The first-order chi connectivity index (χ1) is 16.3. The van der Waals surface area contributed by atoms with Crippen molar-refractivity contribution in [2.45, 2.75) is 13.8 Å². The molecule has 0 aromatic heterocycles. The summed E-state index contributed by atoms with van der Waals surface area (Å²) in [6.45, 7) is 4.21. The summed E-state index contributed by atoms with van der Waals surface area (Å²) in [7, 11) is 0. The first-order valence-electron chi connectivity index (χ1n) is 10.6. The van der Waals surface area contributed by atoms with Crippen LogP contribution in [-0.2, 0) is 9.59 Å². The SMILES string of the molecule is CCN(C(=O)c1ccc(C)c(NC2=C(Cl)C(=O)N(c3cccc(Cl)c3)C2=O)c1)c1ccccc1. The predicted molar refractivity (Wildman–Crippen MR) is 135 cm³/mol. The third-order valence-corrected chi connectivity index (χ3v) is 6.05. The lowest BCUT2D eigenvalue weighted by Gasteiger charge is -2.22. The molecule has 0 aliphatic carbocycles. The van der Waals surface area contributed by atoms with Crippen LogP contribution < -0.4 is 15.1 Å². The van der Waals surface area contributed by atoms with Crippen molar-refractivity contribution >= 4 is 58.0 Å². The van der Waals surface area contributed by atoms with Crippen molar-refractivity contribution in [2.24, 2.45) is 0 Å². The lowest BCUT2D eigenvalue weighted by molar-refractivity contribution is -0.120. The van der Waals surface area contributed by atoms with Crippen molar-refractivity contribution in [2.75, 3.05) is 21.7 Å². The number of nitrogens with one attached hydrogen (secondary N) is 1. The van der Waals surface area contributed by atoms with E-state index in [4.69, 9.17) is 23.2 Å². The normalized spacial score (nSPS) is 13.5. The van der Waals surface area contributed by atoms with E-state index < -0.39 is 11.8 Å². The maximum absolute atomic E-state index is 13.2. The molecule has 0 saturated heterocycles. The molecule has 1 heterocycles. The quantitative estimate of drug-likeness (QED) is 0.443. The van der Waals surface area contributed by atoms with Gasteiger partial charge in [0.15, 0.2) is 0 Å². The molecule has 0 unspecified atom stereocenters. The van der Waals surface area contributed by atoms with E-state index in [1.54, 1.807) is 41.3 Å². The largest absolute Gasteiger partial charge is 0.349 e. The molecule has 0 bridgehead atoms. The molecule has 34 heavy (non-hydrogen) atoms. The molecular weight excluding hydrogens is 473 g/mol. The van der Waals surface area contributed by atoms with Crippen LogP contribution >= 0.6 is 23.2 Å². The fraction of sp³-hybridized carbons (Fsp3) is 0.115. The van der Waals surface area contributed by atoms with Crippen molar-refractivity contribution in [1.29, 1.82) is 0 Å². The highest BCUT2D eigenvalue weighted by atomic mass is 35.5. The zero-order valence-corrected chi connectivity index (χ0v) is 20.0. The van der Waals surface area contributed by atoms with Gasteiger partial charge in [-0.05, 0) is 61.9 Å². The number of aryl methyl sites for hydroxylation is 1. The van der Waals surface area contributed by atoms with Gasteiger partial charge in [-0.25, -0.2) is 4.90 Å². The van der Waals surface area contributed by atoms with E-state index in [-0.39, 0.29) is 16.6 Å². The van der Waals surface area contributed by atoms with Gasteiger partial charge < -0.3 is 10.2 Å². The Labute approximate surface area is 207 Å². The lowest BCUT2D eigenvalue weighted by Crippen LogP contribution is -2.32. The third kappa shape index (κ3) is 4.42. The number of para-hydroxylation sites is 1. The highest BCUT2D eigenvalue weighted by molar-refractivity contribution is 6.53. The molecular formula is C26H21Cl2N3O3. The first kappa shape index (κ1) is 23.5. The van der Waals surface area contributed by atoms with E-state index in [1.165, 1.54) is 6.07 Å². The Morgan fingerprint density at radius 3 is 2.35 bits per heavy atom. The number of halogens is 2. The van der Waals surface area contributed by atoms with Crippen LogP contribution in [0.4, 0.5) is 17.1 Å². The molecule has 3 aromatic rings. The number of nitrogens with zero attached hydrogens (tertiary/aromatic N) is 2. The number of rotatable bonds is 6. The molecule has 8 heteroatoms. The number of imide groups is 1. The Kier molecular flexibility index (Phi) is 6.72. The molecule has 172 valence electrons. The molecule has 0 spiro atoms. The summed E-state index contributed by atoms with van der Waals surface area (Å²) in [5.41, 5.74) is 2.74. The highest BCUT2D eigenvalue weighted by Crippen LogP contribution is 2.32. The molecule has 0 saturated carbocycles. The molecule has 0 atom stereocenters. The second-order valence-electron chi connectivity index (χ2n) is 7.65. The van der Waals surface area contributed by atoms with Gasteiger partial charge in [-0.15, -0.1) is 0 Å². The van der Waals surface area contributed by atoms with Gasteiger partial charge in [0.05, 0.1) is 5.69 Å². The van der Waals surface area contributed by atoms with Gasteiger partial charge in [-0.3, -0.25) is 14.4 Å². The molecule has 1 aliphatic rings. The molecule has 3 amide bonds. The predicted octanol–water partition coefficient (Wildman–Crippen LogP) is 5.75. The summed E-state index contributed by atoms with van der Waals surface area (Å²) in [5.74, 6) is -1.44. The zero-order valence-electron chi connectivity index (χ0n) is 18.5. The first-order valence-corrected chi connectivity index (χ1v) is 11.4. The monoisotopic (exact) mass is 493 g/mol. The van der Waals surface area contributed by atoms with Gasteiger partial charge in [0.1, 0.15) is 10.7 Å². The van der Waals surface area contributed by atoms with Crippen molar-refractivity contribution in [3.05, 3.63) is 99.7 Å². The molecule has 4 rings (SSSR count). The van der Waals surface area contributed by atoms with Crippen LogP contribution in [0.25, 0.3) is 0 Å². The Morgan fingerprint density at radius 2 is 1.68 bits per heavy atom. The smallest absolute Gasteiger partial charge is 0.283 e. The summed E-state index contributed by atoms with van der Waals surface area (Å²) in [6.07, 6.45) is 0. The molecule has 6 nitrogen and oxygen atoms in total. The Bertz CT molecular complexity index is 1320. The van der Waals surface area contributed by atoms with Gasteiger partial charge in [-0.2, -0.15) is 0 Å². The molecule has 0 radical (unpaired) electrons. The maximum Gasteiger partial charge on any atom is 0.283 e. The van der Waals surface area contributed by atoms with E-state index in [0.717, 1.165) is 16.2 Å². The number of hydrogen-bond donors (Lipinski definition) is 1. The lowest BCUT2D eigenvalue weighted by atomic mass is 10.1. The second-order valence-corrected chi connectivity index (χ2v) is 8.47. The second kappa shape index (κ2) is 9.71. The summed E-state index contributed by atoms with van der Waals surface area (Å²) in [5, 5.41) is 3.13. The molecule has 1 aliphatic heterocycles. The molecule has 1 N–H and O–H groups in total. The van der Waals surface area contributed by atoms with Crippen LogP contribution in [0.3, 0.4) is 0 Å². The Morgan fingerprint density at radius 1 is 0.941 bits per heavy atom. The summed E-state index contributed by atoms with van der Waals surface area (Å²) in [4.78, 5) is 41.7. The third-order valence-electron chi connectivity index (χ3n) is 5.47. The van der Waals surface area contributed by atoms with E-state index in [9.17, 15) is 14.4 Å². The summed E-state index contributed by atoms with van der Waals surface area (Å²) >= 11 is 12.3. The van der Waals surface area contributed by atoms with Crippen LogP contribution in [0.1, 0.15) is 22.8 Å². The molecule has 0 fully saturated rings. The number of carbonyl (C=O) groups excluding carboxylic acids is 3. The Hall–Kier alpha value is -3.61. The van der Waals surface area contributed by atoms with E-state index in [0.29, 0.717) is 28.5 Å². The summed E-state index contributed by atoms with van der Waals surface area (Å²) in [6, 6.07) is 20.9. The van der Waals surface area contributed by atoms with Gasteiger partial charge in [0, 0.05) is 28.5 Å². The maximum atomic E-state index is 13.2. The number of benzene rings is 3. The van der Waals surface area contributed by atoms with Crippen molar-refractivity contribution in [1.82, 2.24) is 0 Å². The van der Waals surface area contributed by atoms with E-state index in [1.807, 2.05) is 44.2 Å². The van der Waals surface area contributed by atoms with Crippen LogP contribution in [0.15, 0.2) is 83.5 Å². The van der Waals surface area contributed by atoms with Crippen LogP contribution in [0.5, 0.6) is 0 Å². The zero-order chi connectivity index (χ0) is 24.4. The standard InChI is InChI=1S/C26H21Cl2N3O3/c1-3-30(19-9-5-4-6-10-19)24(32)17-13-12-16(2)21(14-17)29-23-22(28)25(33)31(26(23)34)20-11-7-8-18(27)15-20/h4-15,29H,3H2,1-2H3. The summed E-state index contributed by atoms with van der Waals surface area (Å²) < 4.78 is 0. The molecule has 3 aromatic carbocycles. The average Bonchev–Trinajstić information content (AvgIpc) is 3.04. The van der Waals surface area contributed by atoms with Crippen molar-refractivity contribution in [3.63, 3.8) is 0 Å². The van der Waals surface area contributed by atoms with E-state index in [2.05, 4.69) is 5.32 Å². The average molecular weight is 494 g/mol. The van der Waals surface area contributed by atoms with Gasteiger partial charge in [-0.1, -0.05) is 53.5 Å². The highest BCUT2D eigenvalue weighted by Gasteiger charge is 2.39. The van der Waals surface area contributed by atoms with Gasteiger partial charge in [0.2, 0.25) is 0 Å². The fourth-order valence-electron chi connectivity index (χ4n) is 3.69. The topological polar surface area (TPSA) is 69.7 Å². The number of hydrogen-bond acceptors (Lipinski definition) is 4. The number of carbonyl (C=O) groups is 3. The van der Waals surface area contributed by atoms with Gasteiger partial charge >= 0.3 is 0 Å². The minimum Gasteiger partial charge on any atom is -0.349 e. The van der Waals surface area contributed by atoms with Crippen molar-refractivity contribution in [3.8, 4) is 0 Å². The van der Waals surface area contributed by atoms with Crippen LogP contribution in [0.2, 0.25) is 5.02 Å². The fourth-order valence-corrected chi connectivity index (χ4v) is 4.09. The number of anilines is 3. The minimum absolute atomic E-state index is 0.0604. The minimum atomic E-state index is -0.650. The van der Waals surface area contributed by atoms with Crippen molar-refractivity contribution < 1.29 is 14.4 Å². The number of amides is 3. The van der Waals surface area contributed by atoms with Crippen LogP contribution in [-0.4, -0.2) is 24.3 Å². The Balaban J connectivity index is 1.63. The van der Waals surface area contributed by atoms with Gasteiger partial charge in [0.25, 0.3) is 17.7 Å². The van der Waals surface area contributed by atoms with Crippen LogP contribution in [0, 0.1) is 6.92 Å².